The average Bonchev–Trinajstić information content (AvgIpc) is 2.30. The van der Waals surface area contributed by atoms with Crippen LogP contribution in [-0.4, -0.2) is 18.5 Å². The zero-order valence-electron chi connectivity index (χ0n) is 11.4. The molecule has 0 aliphatic rings. The SMILES string of the molecule is CCC(CN=C(N)NC(C)C)c1ccccc1.I. The van der Waals surface area contributed by atoms with Gasteiger partial charge in [-0.3, -0.25) is 4.99 Å². The summed E-state index contributed by atoms with van der Waals surface area (Å²) in [5, 5.41) is 3.10. The number of benzene rings is 1. The molecule has 0 aliphatic carbocycles. The van der Waals surface area contributed by atoms with E-state index < -0.39 is 0 Å². The van der Waals surface area contributed by atoms with Gasteiger partial charge in [0.2, 0.25) is 0 Å². The number of rotatable bonds is 5. The molecule has 102 valence electrons. The smallest absolute Gasteiger partial charge is 0.188 e. The Morgan fingerprint density at radius 3 is 2.39 bits per heavy atom. The maximum Gasteiger partial charge on any atom is 0.188 e. The summed E-state index contributed by atoms with van der Waals surface area (Å²) in [6.07, 6.45) is 1.07. The standard InChI is InChI=1S/C14H23N3.HI/c1-4-12(13-8-6-5-7-9-13)10-16-14(15)17-11(2)3;/h5-9,11-12H,4,10H2,1-3H3,(H3,15,16,17);1H. The van der Waals surface area contributed by atoms with Crippen molar-refractivity contribution >= 4 is 29.9 Å². The van der Waals surface area contributed by atoms with Gasteiger partial charge in [-0.05, 0) is 25.8 Å². The third kappa shape index (κ3) is 6.23. The summed E-state index contributed by atoms with van der Waals surface area (Å²) < 4.78 is 0. The van der Waals surface area contributed by atoms with Crippen LogP contribution >= 0.6 is 24.0 Å². The molecule has 0 spiro atoms. The van der Waals surface area contributed by atoms with Crippen molar-refractivity contribution in [3.8, 4) is 0 Å². The fraction of sp³-hybridized carbons (Fsp3) is 0.500. The minimum absolute atomic E-state index is 0. The van der Waals surface area contributed by atoms with Gasteiger partial charge < -0.3 is 11.1 Å². The third-order valence-corrected chi connectivity index (χ3v) is 2.68. The number of guanidine groups is 1. The topological polar surface area (TPSA) is 50.4 Å². The Hall–Kier alpha value is -0.780. The van der Waals surface area contributed by atoms with Crippen molar-refractivity contribution in [3.05, 3.63) is 35.9 Å². The molecule has 1 unspecified atom stereocenters. The van der Waals surface area contributed by atoms with Crippen molar-refractivity contribution in [1.82, 2.24) is 5.32 Å². The second-order valence-electron chi connectivity index (χ2n) is 4.54. The number of hydrogen-bond acceptors (Lipinski definition) is 1. The highest BCUT2D eigenvalue weighted by molar-refractivity contribution is 14.0. The molecule has 1 atom stereocenters. The fourth-order valence-corrected chi connectivity index (χ4v) is 1.75. The van der Waals surface area contributed by atoms with Crippen molar-refractivity contribution in [2.75, 3.05) is 6.54 Å². The van der Waals surface area contributed by atoms with E-state index in [4.69, 9.17) is 5.73 Å². The van der Waals surface area contributed by atoms with Crippen LogP contribution in [0, 0.1) is 0 Å². The molecular weight excluding hydrogens is 337 g/mol. The predicted octanol–water partition coefficient (Wildman–Crippen LogP) is 3.11. The molecule has 0 heterocycles. The van der Waals surface area contributed by atoms with Crippen molar-refractivity contribution in [2.45, 2.75) is 39.2 Å². The summed E-state index contributed by atoms with van der Waals surface area (Å²) in [6, 6.07) is 10.8. The lowest BCUT2D eigenvalue weighted by atomic mass is 9.97. The van der Waals surface area contributed by atoms with Gasteiger partial charge in [0.25, 0.3) is 0 Å². The molecule has 0 aliphatic heterocycles. The van der Waals surface area contributed by atoms with Crippen LogP contribution in [0.3, 0.4) is 0 Å². The minimum Gasteiger partial charge on any atom is -0.370 e. The zero-order valence-corrected chi connectivity index (χ0v) is 13.7. The first-order chi connectivity index (χ1) is 8.13. The summed E-state index contributed by atoms with van der Waals surface area (Å²) in [4.78, 5) is 4.40. The van der Waals surface area contributed by atoms with Crippen LogP contribution in [0.15, 0.2) is 35.3 Å². The van der Waals surface area contributed by atoms with E-state index in [-0.39, 0.29) is 24.0 Å². The van der Waals surface area contributed by atoms with Crippen LogP contribution in [-0.2, 0) is 0 Å². The molecule has 0 amide bonds. The molecule has 0 radical (unpaired) electrons. The van der Waals surface area contributed by atoms with Gasteiger partial charge >= 0.3 is 0 Å². The van der Waals surface area contributed by atoms with Crippen LogP contribution in [0.4, 0.5) is 0 Å². The number of nitrogens with two attached hydrogens (primary N) is 1. The van der Waals surface area contributed by atoms with E-state index in [2.05, 4.69) is 55.3 Å². The Labute approximate surface area is 127 Å². The van der Waals surface area contributed by atoms with Crippen LogP contribution in [0.5, 0.6) is 0 Å². The van der Waals surface area contributed by atoms with E-state index in [9.17, 15) is 0 Å². The second kappa shape index (κ2) is 9.19. The van der Waals surface area contributed by atoms with Crippen LogP contribution in [0.1, 0.15) is 38.7 Å². The van der Waals surface area contributed by atoms with Crippen molar-refractivity contribution in [1.29, 1.82) is 0 Å². The number of nitrogens with zero attached hydrogens (tertiary/aromatic N) is 1. The molecule has 0 bridgehead atoms. The Balaban J connectivity index is 0.00000289. The molecule has 1 aromatic rings. The van der Waals surface area contributed by atoms with Crippen LogP contribution < -0.4 is 11.1 Å². The largest absolute Gasteiger partial charge is 0.370 e. The van der Waals surface area contributed by atoms with Crippen molar-refractivity contribution < 1.29 is 0 Å². The summed E-state index contributed by atoms with van der Waals surface area (Å²) in [6.45, 7) is 7.03. The van der Waals surface area contributed by atoms with Gasteiger partial charge in [-0.1, -0.05) is 37.3 Å². The van der Waals surface area contributed by atoms with Gasteiger partial charge in [0.05, 0.1) is 0 Å². The van der Waals surface area contributed by atoms with E-state index in [1.54, 1.807) is 0 Å². The first-order valence-corrected chi connectivity index (χ1v) is 6.24. The quantitative estimate of drug-likeness (QED) is 0.481. The number of hydrogen-bond donors (Lipinski definition) is 2. The summed E-state index contributed by atoms with van der Waals surface area (Å²) in [7, 11) is 0. The van der Waals surface area contributed by atoms with Gasteiger partial charge in [-0.2, -0.15) is 0 Å². The van der Waals surface area contributed by atoms with E-state index >= 15 is 0 Å². The summed E-state index contributed by atoms with van der Waals surface area (Å²) >= 11 is 0. The monoisotopic (exact) mass is 361 g/mol. The summed E-state index contributed by atoms with van der Waals surface area (Å²) in [5.74, 6) is 0.984. The van der Waals surface area contributed by atoms with Crippen LogP contribution in [0.25, 0.3) is 0 Å². The molecule has 0 saturated carbocycles. The van der Waals surface area contributed by atoms with Crippen molar-refractivity contribution in [3.63, 3.8) is 0 Å². The molecule has 0 aromatic heterocycles. The van der Waals surface area contributed by atoms with E-state index in [0.29, 0.717) is 17.9 Å². The van der Waals surface area contributed by atoms with Gasteiger partial charge in [0.15, 0.2) is 5.96 Å². The highest BCUT2D eigenvalue weighted by Crippen LogP contribution is 2.19. The zero-order chi connectivity index (χ0) is 12.7. The van der Waals surface area contributed by atoms with E-state index in [0.717, 1.165) is 13.0 Å². The van der Waals surface area contributed by atoms with Gasteiger partial charge in [-0.15, -0.1) is 24.0 Å². The molecule has 18 heavy (non-hydrogen) atoms. The molecule has 1 aromatic carbocycles. The second-order valence-corrected chi connectivity index (χ2v) is 4.54. The highest BCUT2D eigenvalue weighted by atomic mass is 127. The molecule has 4 heteroatoms. The third-order valence-electron chi connectivity index (χ3n) is 2.68. The van der Waals surface area contributed by atoms with Crippen molar-refractivity contribution in [2.24, 2.45) is 10.7 Å². The maximum absolute atomic E-state index is 5.79. The Kier molecular flexibility index (Phi) is 8.79. The summed E-state index contributed by atoms with van der Waals surface area (Å²) in [5.41, 5.74) is 7.12. The first kappa shape index (κ1) is 17.2. The number of halogens is 1. The molecule has 0 saturated heterocycles. The Morgan fingerprint density at radius 2 is 1.89 bits per heavy atom. The normalized spacial score (nSPS) is 13.0. The van der Waals surface area contributed by atoms with Gasteiger partial charge in [0.1, 0.15) is 0 Å². The highest BCUT2D eigenvalue weighted by Gasteiger charge is 2.08. The van der Waals surface area contributed by atoms with Gasteiger partial charge in [0, 0.05) is 18.5 Å². The first-order valence-electron chi connectivity index (χ1n) is 6.24. The average molecular weight is 361 g/mol. The lowest BCUT2D eigenvalue weighted by Gasteiger charge is -2.14. The minimum atomic E-state index is 0. The Bertz CT molecular complexity index is 349. The van der Waals surface area contributed by atoms with Crippen LogP contribution in [0.2, 0.25) is 0 Å². The fourth-order valence-electron chi connectivity index (χ4n) is 1.75. The van der Waals surface area contributed by atoms with E-state index in [1.165, 1.54) is 5.56 Å². The van der Waals surface area contributed by atoms with E-state index in [1.807, 2.05) is 6.07 Å². The Morgan fingerprint density at radius 1 is 1.28 bits per heavy atom. The molecule has 3 N–H and O–H groups in total. The molecular formula is C14H24IN3. The predicted molar refractivity (Wildman–Crippen MR) is 89.7 cm³/mol. The lowest BCUT2D eigenvalue weighted by Crippen LogP contribution is -2.37. The number of aliphatic imine (C=N–C) groups is 1. The lowest BCUT2D eigenvalue weighted by molar-refractivity contribution is 0.664. The molecule has 3 nitrogen and oxygen atoms in total. The molecule has 0 fully saturated rings. The van der Waals surface area contributed by atoms with Gasteiger partial charge in [-0.25, -0.2) is 0 Å². The maximum atomic E-state index is 5.79. The number of nitrogens with one attached hydrogen (secondary N) is 1. The molecule has 1 rings (SSSR count).